The van der Waals surface area contributed by atoms with Gasteiger partial charge < -0.3 is 5.32 Å². The van der Waals surface area contributed by atoms with Gasteiger partial charge in [-0.1, -0.05) is 39.8 Å². The van der Waals surface area contributed by atoms with Crippen molar-refractivity contribution >= 4 is 17.4 Å². The van der Waals surface area contributed by atoms with Gasteiger partial charge in [-0.15, -0.1) is 11.8 Å². The number of benzene rings is 1. The highest BCUT2D eigenvalue weighted by Crippen LogP contribution is 2.40. The molecule has 0 radical (unpaired) electrons. The summed E-state index contributed by atoms with van der Waals surface area (Å²) in [7, 11) is 0. The third-order valence-electron chi connectivity index (χ3n) is 3.93. The summed E-state index contributed by atoms with van der Waals surface area (Å²) in [5.74, 6) is 1.96. The number of rotatable bonds is 4. The Kier molecular flexibility index (Phi) is 4.83. The Morgan fingerprint density at radius 3 is 2.68 bits per heavy atom. The molecule has 0 heterocycles. The highest BCUT2D eigenvalue weighted by molar-refractivity contribution is 7.99. The second-order valence-electron chi connectivity index (χ2n) is 6.68. The van der Waals surface area contributed by atoms with Crippen LogP contribution in [0, 0.1) is 11.3 Å². The van der Waals surface area contributed by atoms with E-state index >= 15 is 0 Å². The first-order chi connectivity index (χ1) is 9.00. The zero-order chi connectivity index (χ0) is 13.9. The molecule has 0 aromatic heterocycles. The summed E-state index contributed by atoms with van der Waals surface area (Å²) in [6.45, 7) is 9.42. The number of hydrogen-bond donors (Lipinski definition) is 1. The van der Waals surface area contributed by atoms with Crippen molar-refractivity contribution in [3.05, 3.63) is 24.3 Å². The third-order valence-corrected chi connectivity index (χ3v) is 4.89. The molecule has 2 atom stereocenters. The Hall–Kier alpha value is -0.630. The van der Waals surface area contributed by atoms with E-state index < -0.39 is 0 Å². The van der Waals surface area contributed by atoms with Gasteiger partial charge in [-0.2, -0.15) is 0 Å². The molecule has 1 saturated carbocycles. The molecule has 0 spiro atoms. The lowest BCUT2D eigenvalue weighted by Crippen LogP contribution is -2.35. The summed E-state index contributed by atoms with van der Waals surface area (Å²) in [5.41, 5.74) is 1.80. The molecule has 19 heavy (non-hydrogen) atoms. The van der Waals surface area contributed by atoms with E-state index in [4.69, 9.17) is 0 Å². The normalized spacial score (nSPS) is 26.1. The lowest BCUT2D eigenvalue weighted by atomic mass is 9.70. The molecule has 2 heteroatoms. The van der Waals surface area contributed by atoms with Gasteiger partial charge in [-0.3, -0.25) is 0 Å². The third kappa shape index (κ3) is 4.17. The van der Waals surface area contributed by atoms with Crippen molar-refractivity contribution in [1.29, 1.82) is 0 Å². The van der Waals surface area contributed by atoms with Gasteiger partial charge in [-0.25, -0.2) is 0 Å². The summed E-state index contributed by atoms with van der Waals surface area (Å²) >= 11 is 1.93. The first-order valence-corrected chi connectivity index (χ1v) is 8.47. The fraction of sp³-hybridized carbons (Fsp3) is 0.647. The van der Waals surface area contributed by atoms with Gasteiger partial charge in [0.1, 0.15) is 0 Å². The largest absolute Gasteiger partial charge is 0.381 e. The van der Waals surface area contributed by atoms with Crippen LogP contribution in [0.5, 0.6) is 0 Å². The minimum Gasteiger partial charge on any atom is -0.381 e. The van der Waals surface area contributed by atoms with Gasteiger partial charge in [0.15, 0.2) is 0 Å². The molecule has 1 aliphatic rings. The second-order valence-corrected chi connectivity index (χ2v) is 7.99. The summed E-state index contributed by atoms with van der Waals surface area (Å²) in [6, 6.07) is 9.35. The van der Waals surface area contributed by atoms with Crippen molar-refractivity contribution in [1.82, 2.24) is 0 Å². The van der Waals surface area contributed by atoms with Crippen LogP contribution in [0.1, 0.15) is 47.0 Å². The van der Waals surface area contributed by atoms with E-state index in [0.717, 1.165) is 11.7 Å². The molecule has 0 bridgehead atoms. The van der Waals surface area contributed by atoms with Gasteiger partial charge in [0.25, 0.3) is 0 Å². The van der Waals surface area contributed by atoms with E-state index in [1.54, 1.807) is 0 Å². The Morgan fingerprint density at radius 1 is 1.26 bits per heavy atom. The molecule has 2 rings (SSSR count). The molecule has 1 N–H and O–H groups in total. The molecule has 1 aromatic rings. The average molecular weight is 277 g/mol. The minimum atomic E-state index is 0.474. The minimum absolute atomic E-state index is 0.474. The number of anilines is 1. The molecular weight excluding hydrogens is 250 g/mol. The van der Waals surface area contributed by atoms with Crippen molar-refractivity contribution in [2.75, 3.05) is 11.1 Å². The monoisotopic (exact) mass is 277 g/mol. The summed E-state index contributed by atoms with van der Waals surface area (Å²) in [6.07, 6.45) is 3.94. The molecule has 1 aromatic carbocycles. The van der Waals surface area contributed by atoms with Crippen molar-refractivity contribution < 1.29 is 0 Å². The van der Waals surface area contributed by atoms with Gasteiger partial charge in [-0.05, 0) is 48.5 Å². The molecule has 1 fully saturated rings. The maximum Gasteiger partial charge on any atom is 0.0480 e. The number of thioether (sulfide) groups is 1. The van der Waals surface area contributed by atoms with Crippen molar-refractivity contribution in [3.8, 4) is 0 Å². The topological polar surface area (TPSA) is 12.0 Å². The summed E-state index contributed by atoms with van der Waals surface area (Å²) < 4.78 is 0. The fourth-order valence-electron chi connectivity index (χ4n) is 3.54. The zero-order valence-electron chi connectivity index (χ0n) is 12.7. The smallest absolute Gasteiger partial charge is 0.0480 e. The fourth-order valence-corrected chi connectivity index (χ4v) is 4.31. The van der Waals surface area contributed by atoms with Gasteiger partial charge in [0, 0.05) is 16.6 Å². The molecule has 2 unspecified atom stereocenters. The average Bonchev–Trinajstić information content (AvgIpc) is 2.29. The van der Waals surface area contributed by atoms with E-state index in [0.29, 0.717) is 11.5 Å². The van der Waals surface area contributed by atoms with Crippen LogP contribution in [0.3, 0.4) is 0 Å². The molecule has 0 saturated heterocycles. The molecule has 1 nitrogen and oxygen atoms in total. The van der Waals surface area contributed by atoms with Crippen LogP contribution in [0.2, 0.25) is 0 Å². The lowest BCUT2D eigenvalue weighted by molar-refractivity contribution is 0.178. The molecule has 1 aliphatic carbocycles. The number of hydrogen-bond acceptors (Lipinski definition) is 2. The summed E-state index contributed by atoms with van der Waals surface area (Å²) in [4.78, 5) is 1.39. The number of nitrogens with one attached hydrogen (secondary N) is 1. The molecule has 106 valence electrons. The van der Waals surface area contributed by atoms with Crippen LogP contribution < -0.4 is 5.32 Å². The van der Waals surface area contributed by atoms with Gasteiger partial charge in [0.05, 0.1) is 0 Å². The van der Waals surface area contributed by atoms with Crippen LogP contribution in [-0.4, -0.2) is 11.8 Å². The Morgan fingerprint density at radius 2 is 2.00 bits per heavy atom. The predicted octanol–water partition coefficient (Wildman–Crippen LogP) is 5.43. The Labute approximate surface area is 122 Å². The lowest BCUT2D eigenvalue weighted by Gasteiger charge is -2.39. The zero-order valence-corrected chi connectivity index (χ0v) is 13.5. The maximum absolute atomic E-state index is 3.80. The Balaban J connectivity index is 2.08. The van der Waals surface area contributed by atoms with Gasteiger partial charge in [0.2, 0.25) is 0 Å². The van der Waals surface area contributed by atoms with Crippen molar-refractivity contribution in [2.45, 2.75) is 57.9 Å². The molecular formula is C17H27NS. The molecule has 0 amide bonds. The SMILES string of the molecule is CCSc1ccccc1NC1CC(C)CC(C)(C)C1. The first-order valence-electron chi connectivity index (χ1n) is 7.48. The van der Waals surface area contributed by atoms with Crippen LogP contribution >= 0.6 is 11.8 Å². The standard InChI is InChI=1S/C17H27NS/c1-5-19-16-9-7-6-8-15(16)18-14-10-13(2)11-17(3,4)12-14/h6-9,13-14,18H,5,10-12H2,1-4H3. The Bertz CT molecular complexity index is 413. The summed E-state index contributed by atoms with van der Waals surface area (Å²) in [5, 5.41) is 3.80. The van der Waals surface area contributed by atoms with Crippen LogP contribution in [-0.2, 0) is 0 Å². The van der Waals surface area contributed by atoms with Crippen LogP contribution in [0.25, 0.3) is 0 Å². The predicted molar refractivity (Wildman–Crippen MR) is 87.0 cm³/mol. The highest BCUT2D eigenvalue weighted by atomic mass is 32.2. The van der Waals surface area contributed by atoms with Crippen molar-refractivity contribution in [2.24, 2.45) is 11.3 Å². The van der Waals surface area contributed by atoms with E-state index in [1.165, 1.54) is 29.8 Å². The highest BCUT2D eigenvalue weighted by Gasteiger charge is 2.32. The second kappa shape index (κ2) is 6.21. The van der Waals surface area contributed by atoms with Crippen LogP contribution in [0.15, 0.2) is 29.2 Å². The molecule has 0 aliphatic heterocycles. The van der Waals surface area contributed by atoms with E-state index in [2.05, 4.69) is 57.3 Å². The maximum atomic E-state index is 3.80. The number of para-hydroxylation sites is 1. The van der Waals surface area contributed by atoms with E-state index in [9.17, 15) is 0 Å². The quantitative estimate of drug-likeness (QED) is 0.737. The van der Waals surface area contributed by atoms with Crippen molar-refractivity contribution in [3.63, 3.8) is 0 Å². The first kappa shape index (κ1) is 14.8. The van der Waals surface area contributed by atoms with E-state index in [-0.39, 0.29) is 0 Å². The van der Waals surface area contributed by atoms with Gasteiger partial charge >= 0.3 is 0 Å². The van der Waals surface area contributed by atoms with E-state index in [1.807, 2.05) is 11.8 Å². The van der Waals surface area contributed by atoms with Crippen LogP contribution in [0.4, 0.5) is 5.69 Å².